The molecule has 0 bridgehead atoms. The van der Waals surface area contributed by atoms with Gasteiger partial charge in [0.15, 0.2) is 6.10 Å². The van der Waals surface area contributed by atoms with Crippen LogP contribution in [-0.4, -0.2) is 37.2 Å². The minimum absolute atomic E-state index is 0.0919. The van der Waals surface area contributed by atoms with E-state index in [4.69, 9.17) is 14.2 Å². The molecule has 0 N–H and O–H groups in total. The van der Waals surface area contributed by atoms with Gasteiger partial charge in [-0.05, 0) is 135 Å². The summed E-state index contributed by atoms with van der Waals surface area (Å²) in [5.74, 6) is -0.916. The molecule has 460 valence electrons. The summed E-state index contributed by atoms with van der Waals surface area (Å²) in [4.78, 5) is 38.3. The van der Waals surface area contributed by atoms with E-state index in [1.54, 1.807) is 0 Å². The van der Waals surface area contributed by atoms with Crippen LogP contribution in [0.2, 0.25) is 0 Å². The highest BCUT2D eigenvalue weighted by atomic mass is 16.6. The molecular formula is C75H124O6. The first-order chi connectivity index (χ1) is 40.0. The van der Waals surface area contributed by atoms with Gasteiger partial charge in [0.25, 0.3) is 0 Å². The van der Waals surface area contributed by atoms with Gasteiger partial charge in [0.05, 0.1) is 0 Å². The number of rotatable bonds is 60. The third kappa shape index (κ3) is 66.2. The van der Waals surface area contributed by atoms with Gasteiger partial charge in [-0.15, -0.1) is 0 Å². The maximum atomic E-state index is 12.9. The Kier molecular flexibility index (Phi) is 64.3. The Bertz CT molecular complexity index is 1720. The van der Waals surface area contributed by atoms with Crippen LogP contribution in [0.25, 0.3) is 0 Å². The van der Waals surface area contributed by atoms with Crippen molar-refractivity contribution >= 4 is 17.9 Å². The average molecular weight is 1120 g/mol. The average Bonchev–Trinajstić information content (AvgIpc) is 3.47. The minimum Gasteiger partial charge on any atom is -0.462 e. The van der Waals surface area contributed by atoms with Gasteiger partial charge in [0.2, 0.25) is 0 Å². The van der Waals surface area contributed by atoms with Gasteiger partial charge in [-0.3, -0.25) is 14.4 Å². The third-order valence-corrected chi connectivity index (χ3v) is 14.1. The van der Waals surface area contributed by atoms with Crippen molar-refractivity contribution in [3.63, 3.8) is 0 Å². The number of unbranched alkanes of at least 4 members (excludes halogenated alkanes) is 27. The van der Waals surface area contributed by atoms with Crippen molar-refractivity contribution in [2.45, 2.75) is 309 Å². The summed E-state index contributed by atoms with van der Waals surface area (Å²) >= 11 is 0. The molecule has 0 aromatic heterocycles. The Hall–Kier alpha value is -4.45. The molecular weight excluding hydrogens is 997 g/mol. The monoisotopic (exact) mass is 1120 g/mol. The minimum atomic E-state index is -0.796. The van der Waals surface area contributed by atoms with E-state index in [2.05, 4.69) is 154 Å². The van der Waals surface area contributed by atoms with Gasteiger partial charge in [0.1, 0.15) is 13.2 Å². The van der Waals surface area contributed by atoms with Gasteiger partial charge >= 0.3 is 17.9 Å². The molecule has 0 heterocycles. The highest BCUT2D eigenvalue weighted by molar-refractivity contribution is 5.71. The fourth-order valence-electron chi connectivity index (χ4n) is 9.06. The zero-order valence-electron chi connectivity index (χ0n) is 52.8. The van der Waals surface area contributed by atoms with Crippen LogP contribution in [0.1, 0.15) is 303 Å². The Balaban J connectivity index is 4.30. The molecule has 0 amide bonds. The normalized spacial score (nSPS) is 13.0. The first-order valence-electron chi connectivity index (χ1n) is 33.7. The number of esters is 3. The highest BCUT2D eigenvalue weighted by Crippen LogP contribution is 2.15. The van der Waals surface area contributed by atoms with Crippen molar-refractivity contribution in [3.05, 3.63) is 134 Å². The maximum Gasteiger partial charge on any atom is 0.306 e. The van der Waals surface area contributed by atoms with Crippen molar-refractivity contribution < 1.29 is 28.6 Å². The first kappa shape index (κ1) is 76.5. The predicted octanol–water partition coefficient (Wildman–Crippen LogP) is 23.3. The molecule has 0 saturated heterocycles. The third-order valence-electron chi connectivity index (χ3n) is 14.1. The van der Waals surface area contributed by atoms with Crippen molar-refractivity contribution in [3.8, 4) is 0 Å². The van der Waals surface area contributed by atoms with Crippen molar-refractivity contribution in [1.29, 1.82) is 0 Å². The van der Waals surface area contributed by atoms with Crippen LogP contribution in [-0.2, 0) is 28.6 Å². The Labute approximate surface area is 500 Å². The lowest BCUT2D eigenvalue weighted by atomic mass is 10.1. The maximum absolute atomic E-state index is 12.9. The van der Waals surface area contributed by atoms with Crippen LogP contribution in [0, 0.1) is 0 Å². The molecule has 0 spiro atoms. The number of carbonyl (C=O) groups excluding carboxylic acids is 3. The molecule has 0 aliphatic rings. The lowest BCUT2D eigenvalue weighted by Crippen LogP contribution is -2.30. The Morgan fingerprint density at radius 2 is 0.494 bits per heavy atom. The summed E-state index contributed by atoms with van der Waals surface area (Å²) in [6.45, 7) is 6.46. The molecule has 0 fully saturated rings. The largest absolute Gasteiger partial charge is 0.462 e. The van der Waals surface area contributed by atoms with Crippen molar-refractivity contribution in [1.82, 2.24) is 0 Å². The zero-order chi connectivity index (χ0) is 58.5. The van der Waals surface area contributed by atoms with E-state index in [0.717, 1.165) is 148 Å². The van der Waals surface area contributed by atoms with E-state index in [0.29, 0.717) is 19.3 Å². The van der Waals surface area contributed by atoms with Crippen LogP contribution in [0.15, 0.2) is 134 Å². The second-order valence-electron chi connectivity index (χ2n) is 22.0. The number of hydrogen-bond acceptors (Lipinski definition) is 6. The van der Waals surface area contributed by atoms with Crippen LogP contribution in [0.4, 0.5) is 0 Å². The van der Waals surface area contributed by atoms with Gasteiger partial charge in [-0.1, -0.05) is 283 Å². The van der Waals surface area contributed by atoms with Gasteiger partial charge < -0.3 is 14.2 Å². The summed E-state index contributed by atoms with van der Waals surface area (Å²) in [5.41, 5.74) is 0. The smallest absolute Gasteiger partial charge is 0.306 e. The zero-order valence-corrected chi connectivity index (χ0v) is 52.8. The topological polar surface area (TPSA) is 78.9 Å². The summed E-state index contributed by atoms with van der Waals surface area (Å²) in [5, 5.41) is 0. The van der Waals surface area contributed by atoms with Crippen LogP contribution in [0.5, 0.6) is 0 Å². The molecule has 0 aliphatic carbocycles. The molecule has 6 heteroatoms. The molecule has 0 radical (unpaired) electrons. The number of ether oxygens (including phenoxy) is 3. The van der Waals surface area contributed by atoms with E-state index in [1.165, 1.54) is 116 Å². The number of carbonyl (C=O) groups is 3. The molecule has 0 rings (SSSR count). The summed E-state index contributed by atoms with van der Waals surface area (Å²) in [6, 6.07) is 0. The van der Waals surface area contributed by atoms with Crippen LogP contribution >= 0.6 is 0 Å². The summed E-state index contributed by atoms with van der Waals surface area (Å²) in [7, 11) is 0. The molecule has 0 aromatic rings. The molecule has 6 nitrogen and oxygen atoms in total. The molecule has 81 heavy (non-hydrogen) atoms. The molecule has 0 saturated carbocycles. The SMILES string of the molecule is CC/C=C\C/C=C\C/C=C\C/C=C\C/C=C\C/C=C\C/C=C\CCCCCCCCCCCC(=O)OCC(COC(=O)CCCCCCC/C=C\CCCC)OC(=O)CCCCCCCC/C=C\C/C=C\C/C=C\CCCCCCC. The molecule has 1 atom stereocenters. The lowest BCUT2D eigenvalue weighted by molar-refractivity contribution is -0.167. The predicted molar refractivity (Wildman–Crippen MR) is 353 cm³/mol. The summed E-state index contributed by atoms with van der Waals surface area (Å²) in [6.07, 6.45) is 96.1. The first-order valence-corrected chi connectivity index (χ1v) is 33.7. The van der Waals surface area contributed by atoms with Gasteiger partial charge in [-0.2, -0.15) is 0 Å². The lowest BCUT2D eigenvalue weighted by Gasteiger charge is -2.18. The number of allylic oxidation sites excluding steroid dienone is 22. The second-order valence-corrected chi connectivity index (χ2v) is 22.0. The van der Waals surface area contributed by atoms with Crippen LogP contribution in [0.3, 0.4) is 0 Å². The highest BCUT2D eigenvalue weighted by Gasteiger charge is 2.19. The van der Waals surface area contributed by atoms with E-state index >= 15 is 0 Å². The quantitative estimate of drug-likeness (QED) is 0.0261. The molecule has 0 aliphatic heterocycles. The second kappa shape index (κ2) is 68.1. The standard InChI is InChI=1S/C75H124O6/c1-4-7-10-13-16-19-22-24-26-28-30-32-33-34-35-36-37-38-39-40-41-43-44-46-48-50-53-56-59-62-65-68-74(77)80-71-72(70-79-73(76)67-64-61-58-55-52-21-18-15-12-9-6-3)81-75(78)69-66-63-60-57-54-51-49-47-45-42-31-29-27-25-23-20-17-14-11-8-5-2/h7,10,15-16,18-19,23-26,29-32,34-35,37-38,40-41,45,47,72H,4-6,8-9,11-14,17,20-22,27-28,33,36,39,42-44,46,48-71H2,1-3H3/b10-7-,18-15-,19-16-,25-23-,26-24-,31-29-,32-30-,35-34-,38-37-,41-40-,47-45-. The van der Waals surface area contributed by atoms with E-state index in [9.17, 15) is 14.4 Å². The van der Waals surface area contributed by atoms with E-state index in [-0.39, 0.29) is 31.1 Å². The van der Waals surface area contributed by atoms with Gasteiger partial charge in [-0.25, -0.2) is 0 Å². The van der Waals surface area contributed by atoms with E-state index < -0.39 is 6.10 Å². The number of hydrogen-bond donors (Lipinski definition) is 0. The summed E-state index contributed by atoms with van der Waals surface area (Å²) < 4.78 is 16.9. The molecule has 1 unspecified atom stereocenters. The van der Waals surface area contributed by atoms with Gasteiger partial charge in [0, 0.05) is 19.3 Å². The fraction of sp³-hybridized carbons (Fsp3) is 0.667. The Morgan fingerprint density at radius 3 is 0.802 bits per heavy atom. The van der Waals surface area contributed by atoms with Crippen molar-refractivity contribution in [2.75, 3.05) is 13.2 Å². The fourth-order valence-corrected chi connectivity index (χ4v) is 9.06. The van der Waals surface area contributed by atoms with Crippen LogP contribution < -0.4 is 0 Å². The van der Waals surface area contributed by atoms with Crippen molar-refractivity contribution in [2.24, 2.45) is 0 Å². The molecule has 0 aromatic carbocycles. The van der Waals surface area contributed by atoms with E-state index in [1.807, 2.05) is 0 Å². The Morgan fingerprint density at radius 1 is 0.259 bits per heavy atom.